The van der Waals surface area contributed by atoms with Crippen LogP contribution in [0.15, 0.2) is 18.2 Å². The number of amides is 1. The molecule has 0 fully saturated rings. The zero-order valence-electron chi connectivity index (χ0n) is 8.16. The van der Waals surface area contributed by atoms with Crippen LogP contribution in [0.5, 0.6) is 11.5 Å². The van der Waals surface area contributed by atoms with E-state index in [2.05, 4.69) is 5.32 Å². The van der Waals surface area contributed by atoms with Crippen molar-refractivity contribution >= 4 is 11.6 Å². The molecule has 0 saturated heterocycles. The number of ether oxygens (including phenoxy) is 2. The van der Waals surface area contributed by atoms with Gasteiger partial charge in [0, 0.05) is 0 Å². The lowest BCUT2D eigenvalue weighted by Crippen LogP contribution is -2.23. The third-order valence-corrected chi connectivity index (χ3v) is 2.03. The molecular weight excluding hydrogens is 196 g/mol. The number of fused-ring (bicyclic) bond motifs is 1. The molecule has 0 unspecified atom stereocenters. The van der Waals surface area contributed by atoms with E-state index in [0.29, 0.717) is 30.4 Å². The first-order valence-corrected chi connectivity index (χ1v) is 4.70. The van der Waals surface area contributed by atoms with Gasteiger partial charge in [0.25, 0.3) is 0 Å². The number of hydrogen-bond donors (Lipinski definition) is 2. The molecule has 15 heavy (non-hydrogen) atoms. The normalized spacial score (nSPS) is 13.4. The average Bonchev–Trinajstić information content (AvgIpc) is 2.29. The van der Waals surface area contributed by atoms with Gasteiger partial charge in [0.05, 0.1) is 12.2 Å². The second-order valence-electron chi connectivity index (χ2n) is 3.08. The van der Waals surface area contributed by atoms with Crippen molar-refractivity contribution in [1.29, 1.82) is 0 Å². The van der Waals surface area contributed by atoms with Gasteiger partial charge >= 0.3 is 0 Å². The molecule has 0 aliphatic carbocycles. The van der Waals surface area contributed by atoms with E-state index in [4.69, 9.17) is 15.2 Å². The van der Waals surface area contributed by atoms with Crippen molar-refractivity contribution in [3.63, 3.8) is 0 Å². The summed E-state index contributed by atoms with van der Waals surface area (Å²) in [4.78, 5) is 11.1. The summed E-state index contributed by atoms with van der Waals surface area (Å²) in [6.07, 6.45) is 0. The van der Waals surface area contributed by atoms with E-state index in [-0.39, 0.29) is 12.5 Å². The third kappa shape index (κ3) is 2.02. The summed E-state index contributed by atoms with van der Waals surface area (Å²) in [7, 11) is 0. The maximum Gasteiger partial charge on any atom is 0.238 e. The molecule has 1 heterocycles. The zero-order valence-corrected chi connectivity index (χ0v) is 8.16. The first kappa shape index (κ1) is 9.79. The minimum Gasteiger partial charge on any atom is -0.486 e. The molecule has 1 aliphatic rings. The first-order valence-electron chi connectivity index (χ1n) is 4.70. The highest BCUT2D eigenvalue weighted by atomic mass is 16.6. The largest absolute Gasteiger partial charge is 0.486 e. The van der Waals surface area contributed by atoms with Gasteiger partial charge in [0.1, 0.15) is 13.2 Å². The molecule has 80 valence electrons. The predicted octanol–water partition coefficient (Wildman–Crippen LogP) is 0.355. The van der Waals surface area contributed by atoms with Gasteiger partial charge in [0.2, 0.25) is 5.91 Å². The second-order valence-corrected chi connectivity index (χ2v) is 3.08. The number of nitrogens with two attached hydrogens (primary N) is 1. The Morgan fingerprint density at radius 2 is 2.20 bits per heavy atom. The van der Waals surface area contributed by atoms with Gasteiger partial charge in [-0.25, -0.2) is 0 Å². The third-order valence-electron chi connectivity index (χ3n) is 2.03. The van der Waals surface area contributed by atoms with E-state index in [0.717, 1.165) is 0 Å². The molecule has 1 aromatic carbocycles. The Kier molecular flexibility index (Phi) is 2.73. The lowest BCUT2D eigenvalue weighted by Gasteiger charge is -2.20. The van der Waals surface area contributed by atoms with Crippen LogP contribution in [-0.2, 0) is 4.79 Å². The van der Waals surface area contributed by atoms with E-state index in [1.54, 1.807) is 18.2 Å². The van der Waals surface area contributed by atoms with Crippen molar-refractivity contribution in [2.24, 2.45) is 5.73 Å². The number of nitrogens with one attached hydrogen (secondary N) is 1. The standard InChI is InChI=1S/C10H12N2O3/c11-6-9(13)12-7-2-1-3-8-10(7)15-5-4-14-8/h1-3H,4-6,11H2,(H,12,13). The van der Waals surface area contributed by atoms with Crippen LogP contribution in [0.4, 0.5) is 5.69 Å². The van der Waals surface area contributed by atoms with Crippen molar-refractivity contribution in [3.8, 4) is 11.5 Å². The van der Waals surface area contributed by atoms with E-state index >= 15 is 0 Å². The molecule has 3 N–H and O–H groups in total. The van der Waals surface area contributed by atoms with Gasteiger partial charge in [-0.15, -0.1) is 0 Å². The number of para-hydroxylation sites is 1. The zero-order chi connectivity index (χ0) is 10.7. The Balaban J connectivity index is 2.27. The van der Waals surface area contributed by atoms with Crippen molar-refractivity contribution in [2.75, 3.05) is 25.1 Å². The topological polar surface area (TPSA) is 73.6 Å². The monoisotopic (exact) mass is 208 g/mol. The predicted molar refractivity (Wildman–Crippen MR) is 55.1 cm³/mol. The quantitative estimate of drug-likeness (QED) is 0.735. The smallest absolute Gasteiger partial charge is 0.238 e. The van der Waals surface area contributed by atoms with Crippen LogP contribution in [0.25, 0.3) is 0 Å². The Morgan fingerprint density at radius 1 is 1.40 bits per heavy atom. The summed E-state index contributed by atoms with van der Waals surface area (Å²) in [5.74, 6) is 0.971. The SMILES string of the molecule is NCC(=O)Nc1cccc2c1OCCO2. The molecule has 0 saturated carbocycles. The first-order chi connectivity index (χ1) is 7.31. The van der Waals surface area contributed by atoms with Crippen LogP contribution in [0.1, 0.15) is 0 Å². The molecular formula is C10H12N2O3. The highest BCUT2D eigenvalue weighted by Crippen LogP contribution is 2.37. The number of carbonyl (C=O) groups is 1. The molecule has 5 heteroatoms. The van der Waals surface area contributed by atoms with E-state index in [1.807, 2.05) is 0 Å². The van der Waals surface area contributed by atoms with Crippen molar-refractivity contribution in [1.82, 2.24) is 0 Å². The summed E-state index contributed by atoms with van der Waals surface area (Å²) >= 11 is 0. The van der Waals surface area contributed by atoms with E-state index in [1.165, 1.54) is 0 Å². The summed E-state index contributed by atoms with van der Waals surface area (Å²) in [5, 5.41) is 2.65. The van der Waals surface area contributed by atoms with Crippen LogP contribution in [0.2, 0.25) is 0 Å². The summed E-state index contributed by atoms with van der Waals surface area (Å²) in [6, 6.07) is 5.34. The highest BCUT2D eigenvalue weighted by molar-refractivity contribution is 5.94. The Hall–Kier alpha value is -1.75. The second kappa shape index (κ2) is 4.18. The van der Waals surface area contributed by atoms with E-state index in [9.17, 15) is 4.79 Å². The number of rotatable bonds is 2. The minimum atomic E-state index is -0.252. The molecule has 2 rings (SSSR count). The van der Waals surface area contributed by atoms with Gasteiger partial charge in [-0.05, 0) is 12.1 Å². The molecule has 0 spiro atoms. The maximum absolute atomic E-state index is 11.1. The van der Waals surface area contributed by atoms with Gasteiger partial charge in [-0.1, -0.05) is 6.07 Å². The van der Waals surface area contributed by atoms with Crippen LogP contribution >= 0.6 is 0 Å². The fourth-order valence-electron chi connectivity index (χ4n) is 1.37. The van der Waals surface area contributed by atoms with Gasteiger partial charge in [-0.3, -0.25) is 4.79 Å². The molecule has 5 nitrogen and oxygen atoms in total. The number of benzene rings is 1. The summed E-state index contributed by atoms with van der Waals surface area (Å²) in [6.45, 7) is 0.967. The van der Waals surface area contributed by atoms with Crippen LogP contribution in [-0.4, -0.2) is 25.7 Å². The molecule has 0 bridgehead atoms. The molecule has 0 radical (unpaired) electrons. The molecule has 1 amide bonds. The van der Waals surface area contributed by atoms with Crippen molar-refractivity contribution in [2.45, 2.75) is 0 Å². The summed E-state index contributed by atoms with van der Waals surface area (Å²) < 4.78 is 10.8. The Bertz CT molecular complexity index is 379. The minimum absolute atomic E-state index is 0.0511. The van der Waals surface area contributed by atoms with Crippen LogP contribution < -0.4 is 20.5 Å². The van der Waals surface area contributed by atoms with Gasteiger partial charge in [-0.2, -0.15) is 0 Å². The molecule has 0 aromatic heterocycles. The molecule has 1 aliphatic heterocycles. The average molecular weight is 208 g/mol. The van der Waals surface area contributed by atoms with Gasteiger partial charge < -0.3 is 20.5 Å². The Labute approximate surface area is 87.2 Å². The lowest BCUT2D eigenvalue weighted by atomic mass is 10.2. The number of carbonyl (C=O) groups excluding carboxylic acids is 1. The fraction of sp³-hybridized carbons (Fsp3) is 0.300. The molecule has 0 atom stereocenters. The highest BCUT2D eigenvalue weighted by Gasteiger charge is 2.16. The Morgan fingerprint density at radius 3 is 3.00 bits per heavy atom. The lowest BCUT2D eigenvalue weighted by molar-refractivity contribution is -0.114. The van der Waals surface area contributed by atoms with Crippen LogP contribution in [0, 0.1) is 0 Å². The van der Waals surface area contributed by atoms with E-state index < -0.39 is 0 Å². The van der Waals surface area contributed by atoms with Crippen LogP contribution in [0.3, 0.4) is 0 Å². The maximum atomic E-state index is 11.1. The fourth-order valence-corrected chi connectivity index (χ4v) is 1.37. The van der Waals surface area contributed by atoms with Crippen molar-refractivity contribution in [3.05, 3.63) is 18.2 Å². The number of hydrogen-bond acceptors (Lipinski definition) is 4. The summed E-state index contributed by atoms with van der Waals surface area (Å²) in [5.41, 5.74) is 5.81. The van der Waals surface area contributed by atoms with Crippen molar-refractivity contribution < 1.29 is 14.3 Å². The molecule has 1 aromatic rings. The van der Waals surface area contributed by atoms with Gasteiger partial charge in [0.15, 0.2) is 11.5 Å². The number of anilines is 1.